The van der Waals surface area contributed by atoms with E-state index in [0.717, 1.165) is 42.8 Å². The molecule has 22 heavy (non-hydrogen) atoms. The lowest BCUT2D eigenvalue weighted by Gasteiger charge is -2.48. The third-order valence-corrected chi connectivity index (χ3v) is 5.00. The molecule has 0 spiro atoms. The van der Waals surface area contributed by atoms with Gasteiger partial charge in [0.05, 0.1) is 6.04 Å². The number of unbranched alkanes of at least 4 members (excludes halogenated alkanes) is 1. The predicted octanol–water partition coefficient (Wildman–Crippen LogP) is 4.00. The van der Waals surface area contributed by atoms with Crippen LogP contribution >= 0.6 is 0 Å². The molecule has 0 saturated carbocycles. The van der Waals surface area contributed by atoms with Crippen LogP contribution in [-0.4, -0.2) is 34.7 Å². The van der Waals surface area contributed by atoms with Crippen LogP contribution in [0.3, 0.4) is 0 Å². The molecule has 3 heteroatoms. The fourth-order valence-corrected chi connectivity index (χ4v) is 3.55. The first-order valence-electron chi connectivity index (χ1n) is 8.54. The SMILES string of the molecule is CCCCN(CC)C1C(O)c2ccc(C)c(C)c2OC1(C)C. The highest BCUT2D eigenvalue weighted by atomic mass is 16.5. The van der Waals surface area contributed by atoms with Crippen LogP contribution in [0.25, 0.3) is 0 Å². The van der Waals surface area contributed by atoms with Gasteiger partial charge in [-0.1, -0.05) is 32.4 Å². The summed E-state index contributed by atoms with van der Waals surface area (Å²) in [5.41, 5.74) is 2.87. The van der Waals surface area contributed by atoms with Crippen molar-refractivity contribution in [1.29, 1.82) is 0 Å². The molecule has 0 saturated heterocycles. The molecule has 1 N–H and O–H groups in total. The van der Waals surface area contributed by atoms with E-state index < -0.39 is 11.7 Å². The number of hydrogen-bond acceptors (Lipinski definition) is 3. The molecule has 0 bridgehead atoms. The maximum Gasteiger partial charge on any atom is 0.129 e. The number of benzene rings is 1. The van der Waals surface area contributed by atoms with Crippen LogP contribution in [0, 0.1) is 13.8 Å². The Balaban J connectivity index is 2.42. The molecule has 0 fully saturated rings. The van der Waals surface area contributed by atoms with Crippen LogP contribution in [0.2, 0.25) is 0 Å². The van der Waals surface area contributed by atoms with E-state index in [2.05, 4.69) is 52.5 Å². The maximum atomic E-state index is 11.1. The topological polar surface area (TPSA) is 32.7 Å². The first-order chi connectivity index (χ1) is 10.3. The van der Waals surface area contributed by atoms with Gasteiger partial charge in [-0.15, -0.1) is 0 Å². The molecule has 124 valence electrons. The zero-order chi connectivity index (χ0) is 16.5. The average molecular weight is 305 g/mol. The Morgan fingerprint density at radius 3 is 2.50 bits per heavy atom. The molecular weight excluding hydrogens is 274 g/mol. The van der Waals surface area contributed by atoms with E-state index in [-0.39, 0.29) is 6.04 Å². The van der Waals surface area contributed by atoms with Crippen molar-refractivity contribution in [2.24, 2.45) is 0 Å². The lowest BCUT2D eigenvalue weighted by atomic mass is 9.83. The van der Waals surface area contributed by atoms with Crippen molar-refractivity contribution < 1.29 is 9.84 Å². The highest BCUT2D eigenvalue weighted by molar-refractivity contribution is 5.49. The highest BCUT2D eigenvalue weighted by Gasteiger charge is 2.46. The van der Waals surface area contributed by atoms with Crippen molar-refractivity contribution >= 4 is 0 Å². The highest BCUT2D eigenvalue weighted by Crippen LogP contribution is 2.44. The molecule has 3 nitrogen and oxygen atoms in total. The van der Waals surface area contributed by atoms with Gasteiger partial charge in [0.25, 0.3) is 0 Å². The Morgan fingerprint density at radius 2 is 1.91 bits per heavy atom. The van der Waals surface area contributed by atoms with Gasteiger partial charge >= 0.3 is 0 Å². The van der Waals surface area contributed by atoms with Gasteiger partial charge in [-0.25, -0.2) is 0 Å². The third-order valence-electron chi connectivity index (χ3n) is 5.00. The van der Waals surface area contributed by atoms with Gasteiger partial charge in [-0.2, -0.15) is 0 Å². The number of likely N-dealkylation sites (N-methyl/N-ethyl adjacent to an activating group) is 1. The quantitative estimate of drug-likeness (QED) is 0.892. The Morgan fingerprint density at radius 1 is 1.23 bits per heavy atom. The van der Waals surface area contributed by atoms with Gasteiger partial charge in [0.1, 0.15) is 17.5 Å². The molecule has 1 aromatic rings. The minimum absolute atomic E-state index is 0.0151. The summed E-state index contributed by atoms with van der Waals surface area (Å²) in [6.07, 6.45) is 1.80. The van der Waals surface area contributed by atoms with Gasteiger partial charge in [0, 0.05) is 5.56 Å². The van der Waals surface area contributed by atoms with Crippen LogP contribution < -0.4 is 4.74 Å². The summed E-state index contributed by atoms with van der Waals surface area (Å²) in [7, 11) is 0. The molecule has 0 amide bonds. The van der Waals surface area contributed by atoms with E-state index in [4.69, 9.17) is 4.74 Å². The van der Waals surface area contributed by atoms with Crippen LogP contribution in [-0.2, 0) is 0 Å². The van der Waals surface area contributed by atoms with Crippen molar-refractivity contribution in [2.75, 3.05) is 13.1 Å². The second kappa shape index (κ2) is 6.59. The standard InChI is InChI=1S/C19H31NO2/c1-7-9-12-20(8-2)18-16(21)15-11-10-13(3)14(4)17(15)22-19(18,5)6/h10-11,16,18,21H,7-9,12H2,1-6H3. The van der Waals surface area contributed by atoms with Gasteiger partial charge in [0.15, 0.2) is 0 Å². The van der Waals surface area contributed by atoms with Crippen LogP contribution in [0.5, 0.6) is 5.75 Å². The lowest BCUT2D eigenvalue weighted by Crippen LogP contribution is -2.58. The fourth-order valence-electron chi connectivity index (χ4n) is 3.55. The summed E-state index contributed by atoms with van der Waals surface area (Å²) < 4.78 is 6.38. The molecule has 1 aromatic carbocycles. The lowest BCUT2D eigenvalue weighted by molar-refractivity contribution is -0.0820. The summed E-state index contributed by atoms with van der Waals surface area (Å²) in [5, 5.41) is 11.1. The molecule has 1 heterocycles. The van der Waals surface area contributed by atoms with Gasteiger partial charge < -0.3 is 9.84 Å². The number of rotatable bonds is 5. The second-order valence-electron chi connectivity index (χ2n) is 7.00. The molecule has 0 radical (unpaired) electrons. The summed E-state index contributed by atoms with van der Waals surface area (Å²) >= 11 is 0. The molecule has 1 aliphatic heterocycles. The maximum absolute atomic E-state index is 11.1. The van der Waals surface area contributed by atoms with E-state index in [1.165, 1.54) is 5.56 Å². The average Bonchev–Trinajstić information content (AvgIpc) is 2.46. The van der Waals surface area contributed by atoms with Gasteiger partial charge in [-0.3, -0.25) is 4.90 Å². The zero-order valence-corrected chi connectivity index (χ0v) is 14.9. The van der Waals surface area contributed by atoms with Crippen molar-refractivity contribution in [1.82, 2.24) is 4.90 Å². The van der Waals surface area contributed by atoms with E-state index >= 15 is 0 Å². The third kappa shape index (κ3) is 3.02. The Labute approximate surface area is 135 Å². The minimum atomic E-state index is -0.505. The molecule has 0 aromatic heterocycles. The fraction of sp³-hybridized carbons (Fsp3) is 0.684. The second-order valence-corrected chi connectivity index (χ2v) is 7.00. The normalized spacial score (nSPS) is 23.3. The van der Waals surface area contributed by atoms with E-state index in [1.54, 1.807) is 0 Å². The molecule has 1 aliphatic rings. The number of hydrogen-bond donors (Lipinski definition) is 1. The Hall–Kier alpha value is -1.06. The summed E-state index contributed by atoms with van der Waals surface area (Å²) in [6, 6.07) is 4.09. The number of nitrogens with zero attached hydrogens (tertiary/aromatic N) is 1. The number of ether oxygens (including phenoxy) is 1. The van der Waals surface area contributed by atoms with Crippen LogP contribution in [0.4, 0.5) is 0 Å². The monoisotopic (exact) mass is 305 g/mol. The van der Waals surface area contributed by atoms with E-state index in [9.17, 15) is 5.11 Å². The zero-order valence-electron chi connectivity index (χ0n) is 14.9. The number of aliphatic hydroxyl groups excluding tert-OH is 1. The van der Waals surface area contributed by atoms with Gasteiger partial charge in [0.2, 0.25) is 0 Å². The molecular formula is C19H31NO2. The molecule has 0 aliphatic carbocycles. The predicted molar refractivity (Wildman–Crippen MR) is 91.5 cm³/mol. The minimum Gasteiger partial charge on any atom is -0.485 e. The number of aryl methyl sites for hydroxylation is 1. The van der Waals surface area contributed by atoms with Gasteiger partial charge in [-0.05, 0) is 58.3 Å². The molecule has 2 atom stereocenters. The largest absolute Gasteiger partial charge is 0.485 e. The summed E-state index contributed by atoms with van der Waals surface area (Å²) in [4.78, 5) is 2.37. The Bertz CT molecular complexity index is 524. The van der Waals surface area contributed by atoms with Crippen molar-refractivity contribution in [3.05, 3.63) is 28.8 Å². The van der Waals surface area contributed by atoms with Crippen LogP contribution in [0.1, 0.15) is 63.3 Å². The Kier molecular flexibility index (Phi) is 5.18. The first-order valence-corrected chi connectivity index (χ1v) is 8.54. The molecule has 2 unspecified atom stereocenters. The summed E-state index contributed by atoms with van der Waals surface area (Å²) in [6.45, 7) is 14.6. The number of aliphatic hydroxyl groups is 1. The van der Waals surface area contributed by atoms with Crippen molar-refractivity contribution in [2.45, 2.75) is 72.1 Å². The number of fused-ring (bicyclic) bond motifs is 1. The molecule has 2 rings (SSSR count). The van der Waals surface area contributed by atoms with E-state index in [1.807, 2.05) is 6.07 Å². The smallest absolute Gasteiger partial charge is 0.129 e. The first kappa shape index (κ1) is 17.3. The summed E-state index contributed by atoms with van der Waals surface area (Å²) in [5.74, 6) is 0.875. The van der Waals surface area contributed by atoms with Crippen molar-refractivity contribution in [3.8, 4) is 5.75 Å². The van der Waals surface area contributed by atoms with Crippen molar-refractivity contribution in [3.63, 3.8) is 0 Å². The van der Waals surface area contributed by atoms with E-state index in [0.29, 0.717) is 0 Å². The van der Waals surface area contributed by atoms with Crippen LogP contribution in [0.15, 0.2) is 12.1 Å².